The van der Waals surface area contributed by atoms with Gasteiger partial charge in [0.1, 0.15) is 11.5 Å². The maximum absolute atomic E-state index is 6.83. The third-order valence-electron chi connectivity index (χ3n) is 9.67. The van der Waals surface area contributed by atoms with Crippen LogP contribution in [-0.2, 0) is 0 Å². The highest BCUT2D eigenvalue weighted by Crippen LogP contribution is 2.50. The van der Waals surface area contributed by atoms with Crippen LogP contribution in [0.1, 0.15) is 0 Å². The van der Waals surface area contributed by atoms with Crippen molar-refractivity contribution in [1.82, 2.24) is 15.0 Å². The molecule has 5 heteroatoms. The summed E-state index contributed by atoms with van der Waals surface area (Å²) in [7, 11) is 0. The molecule has 11 rings (SSSR count). The first kappa shape index (κ1) is 26.0. The van der Waals surface area contributed by atoms with Gasteiger partial charge in [0.25, 0.3) is 0 Å². The molecule has 0 N–H and O–H groups in total. The van der Waals surface area contributed by atoms with Gasteiger partial charge in [-0.2, -0.15) is 0 Å². The van der Waals surface area contributed by atoms with Crippen LogP contribution >= 0.6 is 11.3 Å². The zero-order valence-electron chi connectivity index (χ0n) is 25.4. The first-order valence-corrected chi connectivity index (χ1v) is 16.8. The summed E-state index contributed by atoms with van der Waals surface area (Å²) in [5.74, 6) is 3.48. The Labute approximate surface area is 278 Å². The van der Waals surface area contributed by atoms with Crippen molar-refractivity contribution in [3.63, 3.8) is 0 Å². The Bertz CT molecular complexity index is 2980. The molecule has 0 radical (unpaired) electrons. The highest BCUT2D eigenvalue weighted by atomic mass is 32.1. The van der Waals surface area contributed by atoms with Gasteiger partial charge in [0.15, 0.2) is 17.5 Å². The van der Waals surface area contributed by atoms with Gasteiger partial charge in [0, 0.05) is 47.5 Å². The van der Waals surface area contributed by atoms with Crippen LogP contribution in [-0.4, -0.2) is 15.0 Å². The summed E-state index contributed by atoms with van der Waals surface area (Å²) in [6.45, 7) is 0. The molecule has 0 saturated carbocycles. The molecule has 48 heavy (non-hydrogen) atoms. The smallest absolute Gasteiger partial charge is 0.167 e. The van der Waals surface area contributed by atoms with Gasteiger partial charge < -0.3 is 4.74 Å². The standard InChI is InChI=1S/C43H23N3OS/c1-2-9-28(10-3-1)41-44-42(30-13-7-15-33-39(30)38-29-12-5-4-8-24(29)21-23-34(38)48-33)46-43(45-41)31-22-20-27-19-18-26-17-16-25-11-6-14-32-35(25)36(26)37(27)40(31)47-32/h1-23H. The Morgan fingerprint density at radius 3 is 1.92 bits per heavy atom. The Hall–Kier alpha value is -6.17. The van der Waals surface area contributed by atoms with Gasteiger partial charge >= 0.3 is 0 Å². The van der Waals surface area contributed by atoms with E-state index in [1.807, 2.05) is 29.5 Å². The Morgan fingerprint density at radius 1 is 0.396 bits per heavy atom. The Morgan fingerprint density at radius 2 is 1.04 bits per heavy atom. The van der Waals surface area contributed by atoms with Crippen molar-refractivity contribution >= 4 is 74.6 Å². The number of rotatable bonds is 3. The topological polar surface area (TPSA) is 47.9 Å². The molecule has 0 saturated heterocycles. The summed E-state index contributed by atoms with van der Waals surface area (Å²) in [5, 5.41) is 11.8. The fourth-order valence-electron chi connectivity index (χ4n) is 7.53. The van der Waals surface area contributed by atoms with E-state index in [1.54, 1.807) is 0 Å². The second-order valence-electron chi connectivity index (χ2n) is 12.3. The van der Waals surface area contributed by atoms with Crippen LogP contribution in [0.2, 0.25) is 0 Å². The lowest BCUT2D eigenvalue weighted by Gasteiger charge is -2.22. The number of aromatic nitrogens is 3. The van der Waals surface area contributed by atoms with E-state index < -0.39 is 0 Å². The molecule has 2 aromatic heterocycles. The zero-order valence-corrected chi connectivity index (χ0v) is 26.3. The van der Waals surface area contributed by atoms with Gasteiger partial charge in [-0.05, 0) is 51.2 Å². The van der Waals surface area contributed by atoms with E-state index in [0.29, 0.717) is 17.5 Å². The van der Waals surface area contributed by atoms with E-state index >= 15 is 0 Å². The summed E-state index contributed by atoms with van der Waals surface area (Å²) < 4.78 is 9.28. The number of nitrogens with zero attached hydrogens (tertiary/aromatic N) is 3. The van der Waals surface area contributed by atoms with E-state index in [9.17, 15) is 0 Å². The third kappa shape index (κ3) is 3.62. The van der Waals surface area contributed by atoms with Crippen molar-refractivity contribution in [1.29, 1.82) is 0 Å². The maximum atomic E-state index is 6.83. The number of hydrogen-bond acceptors (Lipinski definition) is 5. The Kier molecular flexibility index (Phi) is 5.23. The SMILES string of the molecule is c1ccc(-c2nc(-c3ccc4ccc5ccc6cccc7c6c5c4c3O7)nc(-c3cccc4sc5ccc6ccccc6c5c34)n2)cc1. The molecule has 4 nitrogen and oxygen atoms in total. The number of hydrogen-bond donors (Lipinski definition) is 0. The van der Waals surface area contributed by atoms with Gasteiger partial charge in [-0.1, -0.05) is 115 Å². The summed E-state index contributed by atoms with van der Waals surface area (Å²) in [6.07, 6.45) is 0. The Balaban J connectivity index is 1.24. The van der Waals surface area contributed by atoms with Crippen LogP contribution in [0, 0.1) is 0 Å². The molecular weight excluding hydrogens is 607 g/mol. The molecule has 0 bridgehead atoms. The van der Waals surface area contributed by atoms with E-state index in [1.165, 1.54) is 47.1 Å². The minimum atomic E-state index is 0.584. The maximum Gasteiger partial charge on any atom is 0.167 e. The molecular formula is C43H23N3OS. The highest BCUT2D eigenvalue weighted by molar-refractivity contribution is 7.26. The van der Waals surface area contributed by atoms with Crippen LogP contribution < -0.4 is 4.74 Å². The minimum Gasteiger partial charge on any atom is -0.455 e. The molecule has 0 aliphatic carbocycles. The molecule has 0 amide bonds. The van der Waals surface area contributed by atoms with Gasteiger partial charge in [0.2, 0.25) is 0 Å². The zero-order chi connectivity index (χ0) is 31.3. The van der Waals surface area contributed by atoms with E-state index in [2.05, 4.69) is 121 Å². The van der Waals surface area contributed by atoms with Crippen molar-refractivity contribution in [3.8, 4) is 45.7 Å². The van der Waals surface area contributed by atoms with Crippen molar-refractivity contribution in [3.05, 3.63) is 140 Å². The summed E-state index contributed by atoms with van der Waals surface area (Å²) in [6, 6.07) is 48.9. The molecule has 10 aromatic rings. The molecule has 0 unspecified atom stereocenters. The number of fused-ring (bicyclic) bond motifs is 5. The van der Waals surface area contributed by atoms with Gasteiger partial charge in [-0.3, -0.25) is 0 Å². The molecule has 3 heterocycles. The van der Waals surface area contributed by atoms with Crippen LogP contribution in [0.5, 0.6) is 11.5 Å². The van der Waals surface area contributed by atoms with Crippen molar-refractivity contribution in [2.45, 2.75) is 0 Å². The molecule has 222 valence electrons. The summed E-state index contributed by atoms with van der Waals surface area (Å²) >= 11 is 1.81. The second kappa shape index (κ2) is 9.67. The van der Waals surface area contributed by atoms with Crippen LogP contribution in [0.25, 0.3) is 97.4 Å². The molecule has 0 fully saturated rings. The lowest BCUT2D eigenvalue weighted by molar-refractivity contribution is 0.494. The van der Waals surface area contributed by atoms with E-state index in [-0.39, 0.29) is 0 Å². The number of thiophene rings is 1. The fraction of sp³-hybridized carbons (Fsp3) is 0. The van der Waals surface area contributed by atoms with Crippen molar-refractivity contribution in [2.24, 2.45) is 0 Å². The van der Waals surface area contributed by atoms with Gasteiger partial charge in [-0.25, -0.2) is 15.0 Å². The van der Waals surface area contributed by atoms with Gasteiger partial charge in [0.05, 0.1) is 5.56 Å². The summed E-state index contributed by atoms with van der Waals surface area (Å²) in [5.41, 5.74) is 2.77. The van der Waals surface area contributed by atoms with Crippen LogP contribution in [0.3, 0.4) is 0 Å². The van der Waals surface area contributed by atoms with Crippen molar-refractivity contribution in [2.75, 3.05) is 0 Å². The highest BCUT2D eigenvalue weighted by Gasteiger charge is 2.25. The first-order valence-electron chi connectivity index (χ1n) is 16.0. The van der Waals surface area contributed by atoms with E-state index in [4.69, 9.17) is 19.7 Å². The first-order chi connectivity index (χ1) is 23.8. The predicted molar refractivity (Wildman–Crippen MR) is 199 cm³/mol. The van der Waals surface area contributed by atoms with Crippen LogP contribution in [0.15, 0.2) is 140 Å². The predicted octanol–water partition coefficient (Wildman–Crippen LogP) is 12.0. The number of ether oxygens (including phenoxy) is 1. The summed E-state index contributed by atoms with van der Waals surface area (Å²) in [4.78, 5) is 15.6. The van der Waals surface area contributed by atoms with Gasteiger partial charge in [-0.15, -0.1) is 11.3 Å². The third-order valence-corrected chi connectivity index (χ3v) is 10.8. The molecule has 0 atom stereocenters. The van der Waals surface area contributed by atoms with E-state index in [0.717, 1.165) is 44.3 Å². The molecule has 8 aromatic carbocycles. The lowest BCUT2D eigenvalue weighted by atomic mass is 9.92. The molecule has 1 aliphatic rings. The monoisotopic (exact) mass is 629 g/mol. The average Bonchev–Trinajstić information content (AvgIpc) is 3.54. The average molecular weight is 630 g/mol. The van der Waals surface area contributed by atoms with Crippen LogP contribution in [0.4, 0.5) is 0 Å². The minimum absolute atomic E-state index is 0.584. The number of benzene rings is 8. The van der Waals surface area contributed by atoms with Crippen molar-refractivity contribution < 1.29 is 4.74 Å². The molecule has 0 spiro atoms. The lowest BCUT2D eigenvalue weighted by Crippen LogP contribution is -2.03. The fourth-order valence-corrected chi connectivity index (χ4v) is 8.68. The second-order valence-corrected chi connectivity index (χ2v) is 13.4. The normalized spacial score (nSPS) is 12.3. The molecule has 1 aliphatic heterocycles. The quantitative estimate of drug-likeness (QED) is 0.182. The largest absolute Gasteiger partial charge is 0.455 e.